The minimum atomic E-state index is -1.76. The summed E-state index contributed by atoms with van der Waals surface area (Å²) < 4.78 is 6.35. The predicted molar refractivity (Wildman–Crippen MR) is 112 cm³/mol. The van der Waals surface area contributed by atoms with Gasteiger partial charge in [0.1, 0.15) is 0 Å². The first kappa shape index (κ1) is 26.1. The lowest BCUT2D eigenvalue weighted by Crippen LogP contribution is -2.42. The highest BCUT2D eigenvalue weighted by molar-refractivity contribution is 6.74. The summed E-state index contributed by atoms with van der Waals surface area (Å²) in [7, 11) is -1.76. The molecule has 5 nitrogen and oxygen atoms in total. The van der Waals surface area contributed by atoms with Crippen LogP contribution in [0.2, 0.25) is 18.1 Å². The normalized spacial score (nSPS) is 15.8. The molecule has 0 aromatic carbocycles. The first-order valence-corrected chi connectivity index (χ1v) is 13.2. The van der Waals surface area contributed by atoms with Gasteiger partial charge in [-0.3, -0.25) is 4.79 Å². The molecule has 2 N–H and O–H groups in total. The van der Waals surface area contributed by atoms with Crippen LogP contribution in [0.25, 0.3) is 0 Å². The number of aliphatic carboxylic acids is 1. The van der Waals surface area contributed by atoms with Gasteiger partial charge >= 0.3 is 5.97 Å². The van der Waals surface area contributed by atoms with E-state index in [1.165, 1.54) is 0 Å². The Morgan fingerprint density at radius 1 is 1.11 bits per heavy atom. The van der Waals surface area contributed by atoms with Crippen LogP contribution in [0.5, 0.6) is 0 Å². The van der Waals surface area contributed by atoms with Crippen molar-refractivity contribution < 1.29 is 19.4 Å². The molecule has 0 rings (SSSR count). The average molecular weight is 400 g/mol. The highest BCUT2D eigenvalue weighted by Gasteiger charge is 2.37. The number of unbranched alkanes of at least 4 members (excludes halogenated alkanes) is 3. The zero-order chi connectivity index (χ0) is 21.1. The Morgan fingerprint density at radius 2 is 1.67 bits per heavy atom. The van der Waals surface area contributed by atoms with Crippen molar-refractivity contribution in [3.63, 3.8) is 0 Å². The molecular weight excluding hydrogens is 358 g/mol. The number of nitrogens with zero attached hydrogens (tertiary/aromatic N) is 1. The zero-order valence-electron chi connectivity index (χ0n) is 18.3. The maximum Gasteiger partial charge on any atom is 0.308 e. The molecule has 0 aromatic rings. The number of carboxylic acids is 1. The van der Waals surface area contributed by atoms with Gasteiger partial charge in [-0.25, -0.2) is 0 Å². The summed E-state index contributed by atoms with van der Waals surface area (Å²) in [6, 6.07) is 2.25. The van der Waals surface area contributed by atoms with Crippen molar-refractivity contribution in [3.05, 3.63) is 0 Å². The topological polar surface area (TPSA) is 90.5 Å². The molecule has 158 valence electrons. The van der Waals surface area contributed by atoms with Crippen LogP contribution in [0.1, 0.15) is 79.1 Å². The van der Waals surface area contributed by atoms with Gasteiger partial charge in [-0.05, 0) is 50.2 Å². The highest BCUT2D eigenvalue weighted by atomic mass is 28.4. The van der Waals surface area contributed by atoms with Crippen LogP contribution in [-0.2, 0) is 9.22 Å². The van der Waals surface area contributed by atoms with Gasteiger partial charge in [-0.2, -0.15) is 5.26 Å². The summed E-state index contributed by atoms with van der Waals surface area (Å²) in [4.78, 5) is 10.8. The van der Waals surface area contributed by atoms with Crippen molar-refractivity contribution in [3.8, 4) is 6.07 Å². The molecule has 0 amide bonds. The maximum atomic E-state index is 10.8. The van der Waals surface area contributed by atoms with Crippen molar-refractivity contribution in [2.45, 2.75) is 103 Å². The fraction of sp³-hybridized carbons (Fsp3) is 0.905. The molecule has 0 saturated heterocycles. The third kappa shape index (κ3) is 10.9. The number of aliphatic hydroxyl groups is 1. The van der Waals surface area contributed by atoms with Crippen LogP contribution >= 0.6 is 0 Å². The molecule has 0 bridgehead atoms. The van der Waals surface area contributed by atoms with E-state index in [9.17, 15) is 9.90 Å². The highest BCUT2D eigenvalue weighted by Crippen LogP contribution is 2.37. The van der Waals surface area contributed by atoms with Gasteiger partial charge in [0.2, 0.25) is 0 Å². The van der Waals surface area contributed by atoms with Gasteiger partial charge in [0.05, 0.1) is 18.1 Å². The molecule has 6 heteroatoms. The van der Waals surface area contributed by atoms with Crippen LogP contribution < -0.4 is 0 Å². The molecule has 0 radical (unpaired) electrons. The quantitative estimate of drug-likeness (QED) is 0.303. The van der Waals surface area contributed by atoms with Gasteiger partial charge in [0.25, 0.3) is 0 Å². The second kappa shape index (κ2) is 12.5. The molecule has 0 aromatic heterocycles. The number of nitriles is 1. The van der Waals surface area contributed by atoms with Gasteiger partial charge in [-0.15, -0.1) is 0 Å². The Labute approximate surface area is 167 Å². The fourth-order valence-corrected chi connectivity index (χ4v) is 3.76. The second-order valence-corrected chi connectivity index (χ2v) is 14.1. The van der Waals surface area contributed by atoms with E-state index in [0.717, 1.165) is 45.1 Å². The molecule has 0 aliphatic carbocycles. The van der Waals surface area contributed by atoms with E-state index in [-0.39, 0.29) is 5.04 Å². The first-order chi connectivity index (χ1) is 12.4. The molecule has 0 aliphatic rings. The smallest absolute Gasteiger partial charge is 0.308 e. The molecule has 0 aliphatic heterocycles. The summed E-state index contributed by atoms with van der Waals surface area (Å²) in [6.45, 7) is 13.5. The number of carbonyl (C=O) groups is 1. The van der Waals surface area contributed by atoms with Gasteiger partial charge in [0.15, 0.2) is 8.32 Å². The predicted octanol–water partition coefficient (Wildman–Crippen LogP) is 5.35. The second-order valence-electron chi connectivity index (χ2n) is 9.32. The van der Waals surface area contributed by atoms with E-state index >= 15 is 0 Å². The summed E-state index contributed by atoms with van der Waals surface area (Å²) in [6.07, 6.45) is 6.30. The molecule has 27 heavy (non-hydrogen) atoms. The minimum absolute atomic E-state index is 0.195. The first-order valence-electron chi connectivity index (χ1n) is 10.3. The third-order valence-electron chi connectivity index (χ3n) is 5.98. The van der Waals surface area contributed by atoms with Crippen molar-refractivity contribution in [2.75, 3.05) is 6.61 Å². The van der Waals surface area contributed by atoms with E-state index < -0.39 is 26.3 Å². The van der Waals surface area contributed by atoms with Gasteiger partial charge < -0.3 is 14.6 Å². The Bertz CT molecular complexity index is 468. The molecule has 3 unspecified atom stereocenters. The Hall–Kier alpha value is -0.903. The van der Waals surface area contributed by atoms with Crippen LogP contribution in [0.15, 0.2) is 0 Å². The van der Waals surface area contributed by atoms with E-state index in [2.05, 4.69) is 39.9 Å². The molecule has 0 heterocycles. The zero-order valence-corrected chi connectivity index (χ0v) is 19.3. The third-order valence-corrected chi connectivity index (χ3v) is 10.5. The number of rotatable bonds is 14. The fourth-order valence-electron chi connectivity index (χ4n) is 2.68. The molecule has 0 spiro atoms. The van der Waals surface area contributed by atoms with E-state index in [4.69, 9.17) is 14.8 Å². The summed E-state index contributed by atoms with van der Waals surface area (Å²) in [5.41, 5.74) is 0. The molecule has 0 saturated carbocycles. The van der Waals surface area contributed by atoms with Crippen molar-refractivity contribution in [1.29, 1.82) is 5.26 Å². The standard InChI is InChI=1S/C21H41NO4Si/c1-17(20(24)25)19(23)14-10-8-7-9-12-18(13-11-15-22)16-26-27(5,6)21(2,3)4/h17-19,23H,7-14,16H2,1-6H3,(H,24,25). The summed E-state index contributed by atoms with van der Waals surface area (Å²) in [5.74, 6) is -1.21. The number of hydrogen-bond acceptors (Lipinski definition) is 4. The van der Waals surface area contributed by atoms with E-state index in [1.54, 1.807) is 6.92 Å². The van der Waals surface area contributed by atoms with Crippen LogP contribution in [-0.4, -0.2) is 37.2 Å². The molecule has 3 atom stereocenters. The molecule has 0 fully saturated rings. The maximum absolute atomic E-state index is 10.8. The lowest BCUT2D eigenvalue weighted by Gasteiger charge is -2.37. The van der Waals surface area contributed by atoms with E-state index in [1.807, 2.05) is 0 Å². The molecular formula is C21H41NO4Si. The van der Waals surface area contributed by atoms with Crippen LogP contribution in [0.3, 0.4) is 0 Å². The van der Waals surface area contributed by atoms with Crippen LogP contribution in [0.4, 0.5) is 0 Å². The lowest BCUT2D eigenvalue weighted by molar-refractivity contribution is -0.144. The minimum Gasteiger partial charge on any atom is -0.481 e. The van der Waals surface area contributed by atoms with Crippen molar-refractivity contribution >= 4 is 14.3 Å². The monoisotopic (exact) mass is 399 g/mol. The van der Waals surface area contributed by atoms with Gasteiger partial charge in [-0.1, -0.05) is 46.5 Å². The number of hydrogen-bond donors (Lipinski definition) is 2. The van der Waals surface area contributed by atoms with E-state index in [0.29, 0.717) is 18.8 Å². The Kier molecular flexibility index (Phi) is 12.1. The van der Waals surface area contributed by atoms with Crippen LogP contribution in [0, 0.1) is 23.2 Å². The lowest BCUT2D eigenvalue weighted by atomic mass is 9.95. The summed E-state index contributed by atoms with van der Waals surface area (Å²) >= 11 is 0. The van der Waals surface area contributed by atoms with Crippen molar-refractivity contribution in [1.82, 2.24) is 0 Å². The SMILES string of the molecule is CC(C(=O)O)C(O)CCCCCCC(CCC#N)CO[Si](C)(C)C(C)(C)C. The summed E-state index contributed by atoms with van der Waals surface area (Å²) in [5, 5.41) is 27.8. The average Bonchev–Trinajstić information content (AvgIpc) is 2.57. The largest absolute Gasteiger partial charge is 0.481 e. The van der Waals surface area contributed by atoms with Crippen molar-refractivity contribution in [2.24, 2.45) is 11.8 Å². The van der Waals surface area contributed by atoms with Gasteiger partial charge in [0, 0.05) is 13.0 Å². The Morgan fingerprint density at radius 3 is 2.15 bits per heavy atom. The number of aliphatic hydroxyl groups excluding tert-OH is 1. The number of carboxylic acid groups (broad SMARTS) is 1. The Balaban J connectivity index is 4.18.